The van der Waals surface area contributed by atoms with Gasteiger partial charge >= 0.3 is 0 Å². The molecule has 0 radical (unpaired) electrons. The van der Waals surface area contributed by atoms with Gasteiger partial charge in [0.15, 0.2) is 6.29 Å². The van der Waals surface area contributed by atoms with Crippen molar-refractivity contribution >= 4 is 0 Å². The second kappa shape index (κ2) is 7.35. The van der Waals surface area contributed by atoms with E-state index in [2.05, 4.69) is 0 Å². The molecule has 11 heavy (non-hydrogen) atoms. The van der Waals surface area contributed by atoms with Gasteiger partial charge in [0.2, 0.25) is 0 Å². The highest BCUT2D eigenvalue weighted by molar-refractivity contribution is 4.77. The third kappa shape index (κ3) is 7.13. The van der Waals surface area contributed by atoms with Crippen LogP contribution in [-0.2, 0) is 4.74 Å². The van der Waals surface area contributed by atoms with E-state index in [0.29, 0.717) is 6.42 Å². The second-order valence-corrected chi connectivity index (χ2v) is 2.21. The van der Waals surface area contributed by atoms with Crippen molar-refractivity contribution in [3.8, 4) is 0 Å². The Morgan fingerprint density at radius 2 is 2.09 bits per heavy atom. The van der Waals surface area contributed by atoms with Crippen LogP contribution in [0.5, 0.6) is 0 Å². The topological polar surface area (TPSA) is 29.5 Å². The fourth-order valence-corrected chi connectivity index (χ4v) is 0.643. The normalized spacial score (nSPS) is 14.5. The van der Waals surface area contributed by atoms with E-state index in [0.717, 1.165) is 6.42 Å². The quantitative estimate of drug-likeness (QED) is 0.375. The monoisotopic (exact) mass is 156 g/mol. The molecule has 0 saturated heterocycles. The van der Waals surface area contributed by atoms with E-state index in [9.17, 15) is 0 Å². The number of rotatable bonds is 5. The van der Waals surface area contributed by atoms with Gasteiger partial charge in [0.05, 0.1) is 6.26 Å². The Kier molecular flexibility index (Phi) is 6.84. The zero-order chi connectivity index (χ0) is 8.53. The molecular formula is C9H16O2. The number of allylic oxidation sites excluding steroid dienone is 3. The predicted octanol–water partition coefficient (Wildman–Crippen LogP) is 2.21. The van der Waals surface area contributed by atoms with Gasteiger partial charge < -0.3 is 9.84 Å². The molecule has 1 N–H and O–H groups in total. The fourth-order valence-electron chi connectivity index (χ4n) is 0.643. The first-order valence-electron chi connectivity index (χ1n) is 3.87. The lowest BCUT2D eigenvalue weighted by molar-refractivity contribution is -0.0552. The zero-order valence-corrected chi connectivity index (χ0v) is 7.16. The van der Waals surface area contributed by atoms with Crippen LogP contribution in [0.4, 0.5) is 0 Å². The number of hydrogen-bond donors (Lipinski definition) is 1. The van der Waals surface area contributed by atoms with Crippen molar-refractivity contribution in [2.45, 2.75) is 33.0 Å². The van der Waals surface area contributed by atoms with Crippen LogP contribution in [0.15, 0.2) is 24.5 Å². The van der Waals surface area contributed by atoms with Crippen molar-refractivity contribution < 1.29 is 9.84 Å². The van der Waals surface area contributed by atoms with Crippen LogP contribution in [0, 0.1) is 0 Å². The molecule has 0 aromatic rings. The molecule has 0 aromatic carbocycles. The SMILES string of the molecule is C/C=C/CCC(O)O/C=C/C. The first kappa shape index (κ1) is 10.2. The van der Waals surface area contributed by atoms with Gasteiger partial charge in [-0.2, -0.15) is 0 Å². The molecule has 0 rings (SSSR count). The van der Waals surface area contributed by atoms with Crippen LogP contribution < -0.4 is 0 Å². The van der Waals surface area contributed by atoms with Crippen LogP contribution in [0.2, 0.25) is 0 Å². The summed E-state index contributed by atoms with van der Waals surface area (Å²) in [6.45, 7) is 3.80. The van der Waals surface area contributed by atoms with E-state index >= 15 is 0 Å². The summed E-state index contributed by atoms with van der Waals surface area (Å²) in [4.78, 5) is 0. The fraction of sp³-hybridized carbons (Fsp3) is 0.556. The summed E-state index contributed by atoms with van der Waals surface area (Å²) in [6.07, 6.45) is 8.05. The molecule has 0 amide bonds. The molecule has 0 aliphatic heterocycles. The molecule has 0 aliphatic rings. The second-order valence-electron chi connectivity index (χ2n) is 2.21. The molecule has 0 aliphatic carbocycles. The molecule has 2 heteroatoms. The minimum absolute atomic E-state index is 0.648. The van der Waals surface area contributed by atoms with Crippen molar-refractivity contribution in [1.82, 2.24) is 0 Å². The van der Waals surface area contributed by atoms with Crippen LogP contribution in [0.1, 0.15) is 26.7 Å². The predicted molar refractivity (Wildman–Crippen MR) is 46.0 cm³/mol. The highest BCUT2D eigenvalue weighted by atomic mass is 16.6. The first-order chi connectivity index (χ1) is 5.31. The maximum Gasteiger partial charge on any atom is 0.196 e. The highest BCUT2D eigenvalue weighted by Crippen LogP contribution is 1.99. The van der Waals surface area contributed by atoms with Crippen molar-refractivity contribution in [1.29, 1.82) is 0 Å². The summed E-state index contributed by atoms with van der Waals surface area (Å²) in [6, 6.07) is 0. The van der Waals surface area contributed by atoms with E-state index in [-0.39, 0.29) is 0 Å². The summed E-state index contributed by atoms with van der Waals surface area (Å²) in [5, 5.41) is 9.10. The van der Waals surface area contributed by atoms with Gasteiger partial charge in [-0.05, 0) is 20.3 Å². The lowest BCUT2D eigenvalue weighted by Crippen LogP contribution is -2.06. The van der Waals surface area contributed by atoms with Gasteiger partial charge in [-0.25, -0.2) is 0 Å². The Morgan fingerprint density at radius 3 is 2.64 bits per heavy atom. The molecule has 0 bridgehead atoms. The summed E-state index contributed by atoms with van der Waals surface area (Å²) >= 11 is 0. The Balaban J connectivity index is 3.29. The lowest BCUT2D eigenvalue weighted by atomic mass is 10.3. The Hall–Kier alpha value is -0.760. The zero-order valence-electron chi connectivity index (χ0n) is 7.16. The third-order valence-corrected chi connectivity index (χ3v) is 1.19. The molecule has 64 valence electrons. The number of ether oxygens (including phenoxy) is 1. The maximum absolute atomic E-state index is 9.10. The Morgan fingerprint density at radius 1 is 1.36 bits per heavy atom. The van der Waals surface area contributed by atoms with Gasteiger partial charge in [0, 0.05) is 6.42 Å². The lowest BCUT2D eigenvalue weighted by Gasteiger charge is -2.07. The standard InChI is InChI=1S/C9H16O2/c1-3-5-6-7-9(10)11-8-4-2/h3-5,8-10H,6-7H2,1-2H3/b5-3+,8-4+. The maximum atomic E-state index is 9.10. The third-order valence-electron chi connectivity index (χ3n) is 1.19. The van der Waals surface area contributed by atoms with Gasteiger partial charge in [-0.15, -0.1) is 0 Å². The van der Waals surface area contributed by atoms with E-state index in [1.54, 1.807) is 6.08 Å². The molecule has 2 nitrogen and oxygen atoms in total. The van der Waals surface area contributed by atoms with Crippen LogP contribution in [0.25, 0.3) is 0 Å². The highest BCUT2D eigenvalue weighted by Gasteiger charge is 1.98. The number of hydrogen-bond acceptors (Lipinski definition) is 2. The van der Waals surface area contributed by atoms with Gasteiger partial charge in [-0.3, -0.25) is 0 Å². The molecule has 0 spiro atoms. The summed E-state index contributed by atoms with van der Waals surface area (Å²) in [5.41, 5.74) is 0. The van der Waals surface area contributed by atoms with E-state index in [1.807, 2.05) is 26.0 Å². The average molecular weight is 156 g/mol. The smallest absolute Gasteiger partial charge is 0.196 e. The van der Waals surface area contributed by atoms with Gasteiger partial charge in [0.1, 0.15) is 0 Å². The Bertz CT molecular complexity index is 128. The van der Waals surface area contributed by atoms with Crippen LogP contribution >= 0.6 is 0 Å². The van der Waals surface area contributed by atoms with Gasteiger partial charge in [0.25, 0.3) is 0 Å². The minimum Gasteiger partial charge on any atom is -0.473 e. The van der Waals surface area contributed by atoms with Gasteiger partial charge in [-0.1, -0.05) is 18.2 Å². The molecule has 0 heterocycles. The van der Waals surface area contributed by atoms with Crippen molar-refractivity contribution in [3.63, 3.8) is 0 Å². The van der Waals surface area contributed by atoms with E-state index in [1.165, 1.54) is 6.26 Å². The first-order valence-corrected chi connectivity index (χ1v) is 3.87. The number of aliphatic hydroxyl groups is 1. The molecule has 0 saturated carbocycles. The summed E-state index contributed by atoms with van der Waals surface area (Å²) in [7, 11) is 0. The minimum atomic E-state index is -0.664. The van der Waals surface area contributed by atoms with Crippen molar-refractivity contribution in [2.24, 2.45) is 0 Å². The van der Waals surface area contributed by atoms with Crippen molar-refractivity contribution in [3.05, 3.63) is 24.5 Å². The Labute approximate surface area is 68.2 Å². The molecular weight excluding hydrogens is 140 g/mol. The summed E-state index contributed by atoms with van der Waals surface area (Å²) < 4.78 is 4.88. The van der Waals surface area contributed by atoms with Crippen LogP contribution in [-0.4, -0.2) is 11.4 Å². The molecule has 0 aromatic heterocycles. The molecule has 1 unspecified atom stereocenters. The summed E-state index contributed by atoms with van der Waals surface area (Å²) in [5.74, 6) is 0. The largest absolute Gasteiger partial charge is 0.473 e. The molecule has 1 atom stereocenters. The van der Waals surface area contributed by atoms with Crippen molar-refractivity contribution in [2.75, 3.05) is 0 Å². The molecule has 0 fully saturated rings. The number of aliphatic hydroxyl groups excluding tert-OH is 1. The van der Waals surface area contributed by atoms with E-state index in [4.69, 9.17) is 9.84 Å². The average Bonchev–Trinajstić information content (AvgIpc) is 2.01. The van der Waals surface area contributed by atoms with E-state index < -0.39 is 6.29 Å². The van der Waals surface area contributed by atoms with Crippen LogP contribution in [0.3, 0.4) is 0 Å².